The van der Waals surface area contributed by atoms with Crippen molar-refractivity contribution in [1.82, 2.24) is 4.90 Å². The van der Waals surface area contributed by atoms with Crippen LogP contribution in [0.1, 0.15) is 38.7 Å². The molecule has 22 heavy (non-hydrogen) atoms. The maximum absolute atomic E-state index is 3.49. The summed E-state index contributed by atoms with van der Waals surface area (Å²) in [5, 5.41) is 0. The van der Waals surface area contributed by atoms with Gasteiger partial charge in [-0.3, -0.25) is 0 Å². The molecule has 0 bridgehead atoms. The summed E-state index contributed by atoms with van der Waals surface area (Å²) in [6, 6.07) is 17.5. The van der Waals surface area contributed by atoms with Crippen molar-refractivity contribution in [3.63, 3.8) is 0 Å². The monoisotopic (exact) mass is 359 g/mol. The van der Waals surface area contributed by atoms with Crippen LogP contribution in [0.5, 0.6) is 0 Å². The number of nitrogens with zero attached hydrogens (tertiary/aromatic N) is 1. The Morgan fingerprint density at radius 2 is 1.36 bits per heavy atom. The van der Waals surface area contributed by atoms with E-state index in [2.05, 4.69) is 90.1 Å². The third-order valence-corrected chi connectivity index (χ3v) is 4.96. The maximum Gasteiger partial charge on any atom is 0.0175 e. The van der Waals surface area contributed by atoms with Crippen LogP contribution in [-0.4, -0.2) is 24.5 Å². The van der Waals surface area contributed by atoms with Crippen LogP contribution in [0.25, 0.3) is 11.1 Å². The van der Waals surface area contributed by atoms with Crippen LogP contribution in [0.3, 0.4) is 0 Å². The van der Waals surface area contributed by atoms with Crippen LogP contribution >= 0.6 is 15.9 Å². The molecule has 0 aliphatic rings. The van der Waals surface area contributed by atoms with Gasteiger partial charge < -0.3 is 4.90 Å². The Morgan fingerprint density at radius 3 is 1.86 bits per heavy atom. The van der Waals surface area contributed by atoms with Gasteiger partial charge in [0.15, 0.2) is 0 Å². The molecule has 0 N–H and O–H groups in total. The van der Waals surface area contributed by atoms with Crippen LogP contribution in [0.15, 0.2) is 53.0 Å². The summed E-state index contributed by atoms with van der Waals surface area (Å²) in [5.74, 6) is 0.611. The molecule has 1 nitrogen and oxygen atoms in total. The molecule has 1 atom stereocenters. The van der Waals surface area contributed by atoms with Crippen LogP contribution in [-0.2, 0) is 0 Å². The van der Waals surface area contributed by atoms with Crippen molar-refractivity contribution in [2.45, 2.75) is 33.1 Å². The quantitative estimate of drug-likeness (QED) is 0.590. The molecule has 0 spiro atoms. The van der Waals surface area contributed by atoms with E-state index in [0.717, 1.165) is 17.6 Å². The van der Waals surface area contributed by atoms with Gasteiger partial charge in [-0.15, -0.1) is 0 Å². The number of hydrogen-bond donors (Lipinski definition) is 0. The smallest absolute Gasteiger partial charge is 0.0175 e. The molecule has 0 aromatic heterocycles. The number of rotatable bonds is 7. The Bertz CT molecular complexity index is 555. The second kappa shape index (κ2) is 8.50. The van der Waals surface area contributed by atoms with Crippen LogP contribution in [0, 0.1) is 0 Å². The predicted octanol–water partition coefficient (Wildman–Crippen LogP) is 5.95. The topological polar surface area (TPSA) is 3.24 Å². The van der Waals surface area contributed by atoms with E-state index in [0.29, 0.717) is 5.92 Å². The molecule has 2 aromatic rings. The maximum atomic E-state index is 3.49. The van der Waals surface area contributed by atoms with Gasteiger partial charge in [0.1, 0.15) is 0 Å². The zero-order valence-electron chi connectivity index (χ0n) is 13.8. The molecule has 0 fully saturated rings. The Labute approximate surface area is 143 Å². The molecule has 2 rings (SSSR count). The lowest BCUT2D eigenvalue weighted by atomic mass is 9.95. The van der Waals surface area contributed by atoms with E-state index in [1.54, 1.807) is 0 Å². The van der Waals surface area contributed by atoms with Gasteiger partial charge in [0.05, 0.1) is 0 Å². The zero-order valence-corrected chi connectivity index (χ0v) is 15.4. The molecule has 0 heterocycles. The number of benzene rings is 2. The minimum atomic E-state index is 0.611. The minimum Gasteiger partial charge on any atom is -0.304 e. The summed E-state index contributed by atoms with van der Waals surface area (Å²) in [6.07, 6.45) is 1.22. The minimum absolute atomic E-state index is 0.611. The van der Waals surface area contributed by atoms with Crippen molar-refractivity contribution >= 4 is 15.9 Å². The van der Waals surface area contributed by atoms with Gasteiger partial charge >= 0.3 is 0 Å². The lowest BCUT2D eigenvalue weighted by molar-refractivity contribution is 0.292. The van der Waals surface area contributed by atoms with E-state index >= 15 is 0 Å². The van der Waals surface area contributed by atoms with E-state index in [4.69, 9.17) is 0 Å². The molecular weight excluding hydrogens is 334 g/mol. The van der Waals surface area contributed by atoms with Crippen molar-refractivity contribution in [3.05, 3.63) is 58.6 Å². The second-order valence-electron chi connectivity index (χ2n) is 5.85. The SMILES string of the molecule is CCN(CC)CCC(C)c1ccc(-c2ccc(Br)cc2)cc1. The first-order chi connectivity index (χ1) is 10.6. The van der Waals surface area contributed by atoms with Crippen molar-refractivity contribution in [1.29, 1.82) is 0 Å². The first-order valence-electron chi connectivity index (χ1n) is 8.22. The lowest BCUT2D eigenvalue weighted by Gasteiger charge is -2.21. The van der Waals surface area contributed by atoms with Crippen LogP contribution in [0.2, 0.25) is 0 Å². The van der Waals surface area contributed by atoms with E-state index in [9.17, 15) is 0 Å². The molecule has 0 saturated heterocycles. The highest BCUT2D eigenvalue weighted by Crippen LogP contribution is 2.25. The van der Waals surface area contributed by atoms with Crippen molar-refractivity contribution in [2.24, 2.45) is 0 Å². The first-order valence-corrected chi connectivity index (χ1v) is 9.01. The molecule has 0 radical (unpaired) electrons. The summed E-state index contributed by atoms with van der Waals surface area (Å²) in [5.41, 5.74) is 3.99. The Morgan fingerprint density at radius 1 is 0.864 bits per heavy atom. The molecule has 1 unspecified atom stereocenters. The normalized spacial score (nSPS) is 12.6. The molecule has 118 valence electrons. The fourth-order valence-electron chi connectivity index (χ4n) is 2.73. The van der Waals surface area contributed by atoms with Crippen molar-refractivity contribution in [3.8, 4) is 11.1 Å². The molecule has 0 aliphatic carbocycles. The van der Waals surface area contributed by atoms with Gasteiger partial charge in [-0.05, 0) is 60.8 Å². The standard InChI is InChI=1S/C20H26BrN/c1-4-22(5-2)15-14-16(3)17-6-8-18(9-7-17)19-10-12-20(21)13-11-19/h6-13,16H,4-5,14-15H2,1-3H3. The largest absolute Gasteiger partial charge is 0.304 e. The highest BCUT2D eigenvalue weighted by Gasteiger charge is 2.08. The molecule has 0 saturated carbocycles. The van der Waals surface area contributed by atoms with Gasteiger partial charge in [-0.25, -0.2) is 0 Å². The van der Waals surface area contributed by atoms with Gasteiger partial charge in [-0.2, -0.15) is 0 Å². The summed E-state index contributed by atoms with van der Waals surface area (Å²) in [7, 11) is 0. The second-order valence-corrected chi connectivity index (χ2v) is 6.76. The highest BCUT2D eigenvalue weighted by atomic mass is 79.9. The van der Waals surface area contributed by atoms with Gasteiger partial charge in [0.25, 0.3) is 0 Å². The average molecular weight is 360 g/mol. The van der Waals surface area contributed by atoms with E-state index < -0.39 is 0 Å². The Hall–Kier alpha value is -1.12. The van der Waals surface area contributed by atoms with Gasteiger partial charge in [0, 0.05) is 4.47 Å². The molecule has 0 amide bonds. The molecule has 2 heteroatoms. The Kier molecular flexibility index (Phi) is 6.66. The predicted molar refractivity (Wildman–Crippen MR) is 100 cm³/mol. The molecular formula is C20H26BrN. The average Bonchev–Trinajstić information content (AvgIpc) is 2.56. The van der Waals surface area contributed by atoms with Crippen molar-refractivity contribution in [2.75, 3.05) is 19.6 Å². The van der Waals surface area contributed by atoms with Gasteiger partial charge in [-0.1, -0.05) is 73.1 Å². The first kappa shape index (κ1) is 17.2. The third-order valence-electron chi connectivity index (χ3n) is 4.43. The van der Waals surface area contributed by atoms with E-state index in [1.807, 2.05) is 0 Å². The summed E-state index contributed by atoms with van der Waals surface area (Å²) >= 11 is 3.49. The van der Waals surface area contributed by atoms with Crippen LogP contribution < -0.4 is 0 Å². The number of hydrogen-bond acceptors (Lipinski definition) is 1. The summed E-state index contributed by atoms with van der Waals surface area (Å²) in [4.78, 5) is 2.49. The molecule has 0 aliphatic heterocycles. The lowest BCUT2D eigenvalue weighted by Crippen LogP contribution is -2.24. The van der Waals surface area contributed by atoms with Crippen LogP contribution in [0.4, 0.5) is 0 Å². The highest BCUT2D eigenvalue weighted by molar-refractivity contribution is 9.10. The third kappa shape index (κ3) is 4.69. The van der Waals surface area contributed by atoms with E-state index in [-0.39, 0.29) is 0 Å². The van der Waals surface area contributed by atoms with Gasteiger partial charge in [0.2, 0.25) is 0 Å². The number of halogens is 1. The zero-order chi connectivity index (χ0) is 15.9. The van der Waals surface area contributed by atoms with E-state index in [1.165, 1.54) is 29.7 Å². The van der Waals surface area contributed by atoms with Crippen molar-refractivity contribution < 1.29 is 0 Å². The summed E-state index contributed by atoms with van der Waals surface area (Å²) in [6.45, 7) is 10.3. The Balaban J connectivity index is 2.00. The fourth-order valence-corrected chi connectivity index (χ4v) is 2.99. The molecule has 2 aromatic carbocycles. The fraction of sp³-hybridized carbons (Fsp3) is 0.400. The summed E-state index contributed by atoms with van der Waals surface area (Å²) < 4.78 is 1.12.